The number of amides is 1. The standard InChI is InChI=1S/C18H20F2N2O4S/c1-12(13-8-9-16(19)17(20)11-13)21(2)18(23)14-6-5-7-15(10-14)27(24,25)22(3)26-4/h5-12H,1-4H3. The van der Waals surface area contributed by atoms with E-state index in [2.05, 4.69) is 0 Å². The number of hydroxylamine groups is 1. The lowest BCUT2D eigenvalue weighted by Gasteiger charge is -2.26. The molecule has 0 saturated heterocycles. The topological polar surface area (TPSA) is 66.9 Å². The molecule has 1 unspecified atom stereocenters. The molecule has 0 aliphatic heterocycles. The molecule has 1 atom stereocenters. The van der Waals surface area contributed by atoms with Crippen LogP contribution in [-0.4, -0.2) is 44.9 Å². The summed E-state index contributed by atoms with van der Waals surface area (Å²) in [6.07, 6.45) is 0. The summed E-state index contributed by atoms with van der Waals surface area (Å²) in [5.74, 6) is -2.44. The van der Waals surface area contributed by atoms with E-state index in [4.69, 9.17) is 4.84 Å². The molecule has 2 aromatic rings. The Hall–Kier alpha value is -2.36. The fraction of sp³-hybridized carbons (Fsp3) is 0.278. The number of carbonyl (C=O) groups excluding carboxylic acids is 1. The van der Waals surface area contributed by atoms with Gasteiger partial charge in [-0.25, -0.2) is 17.2 Å². The number of halogens is 2. The zero-order valence-corrected chi connectivity index (χ0v) is 16.1. The van der Waals surface area contributed by atoms with Crippen LogP contribution in [0.5, 0.6) is 0 Å². The van der Waals surface area contributed by atoms with Crippen LogP contribution < -0.4 is 0 Å². The molecule has 27 heavy (non-hydrogen) atoms. The molecule has 146 valence electrons. The van der Waals surface area contributed by atoms with Crippen LogP contribution >= 0.6 is 0 Å². The van der Waals surface area contributed by atoms with Crippen LogP contribution in [-0.2, 0) is 14.9 Å². The first-order chi connectivity index (χ1) is 12.6. The van der Waals surface area contributed by atoms with E-state index in [1.54, 1.807) is 6.92 Å². The van der Waals surface area contributed by atoms with E-state index < -0.39 is 33.6 Å². The third-order valence-corrected chi connectivity index (χ3v) is 5.98. The van der Waals surface area contributed by atoms with Crippen molar-refractivity contribution in [2.24, 2.45) is 0 Å². The highest BCUT2D eigenvalue weighted by Gasteiger charge is 2.24. The summed E-state index contributed by atoms with van der Waals surface area (Å²) in [5, 5.41) is 0. The van der Waals surface area contributed by atoms with Crippen molar-refractivity contribution in [3.05, 3.63) is 65.2 Å². The van der Waals surface area contributed by atoms with Gasteiger partial charge in [0.25, 0.3) is 15.9 Å². The first-order valence-corrected chi connectivity index (χ1v) is 9.38. The van der Waals surface area contributed by atoms with Gasteiger partial charge in [0.05, 0.1) is 18.0 Å². The van der Waals surface area contributed by atoms with E-state index in [9.17, 15) is 22.0 Å². The molecule has 0 radical (unpaired) electrons. The highest BCUT2D eigenvalue weighted by atomic mass is 32.2. The summed E-state index contributed by atoms with van der Waals surface area (Å²) < 4.78 is 51.9. The highest BCUT2D eigenvalue weighted by Crippen LogP contribution is 2.24. The van der Waals surface area contributed by atoms with Crippen LogP contribution in [0.2, 0.25) is 0 Å². The Morgan fingerprint density at radius 1 is 1.07 bits per heavy atom. The van der Waals surface area contributed by atoms with E-state index in [-0.39, 0.29) is 10.5 Å². The van der Waals surface area contributed by atoms with Crippen molar-refractivity contribution in [1.82, 2.24) is 9.37 Å². The molecule has 2 rings (SSSR count). The van der Waals surface area contributed by atoms with E-state index in [0.29, 0.717) is 10.0 Å². The first kappa shape index (κ1) is 20.9. The number of sulfonamides is 1. The number of carbonyl (C=O) groups is 1. The molecule has 0 heterocycles. The zero-order chi connectivity index (χ0) is 20.4. The quantitative estimate of drug-likeness (QED) is 0.702. The molecule has 0 bridgehead atoms. The third-order valence-electron chi connectivity index (χ3n) is 4.30. The van der Waals surface area contributed by atoms with Gasteiger partial charge in [-0.3, -0.25) is 9.63 Å². The maximum Gasteiger partial charge on any atom is 0.264 e. The fourth-order valence-electron chi connectivity index (χ4n) is 2.41. The number of benzene rings is 2. The van der Waals surface area contributed by atoms with Crippen LogP contribution in [0.3, 0.4) is 0 Å². The van der Waals surface area contributed by atoms with Gasteiger partial charge in [-0.1, -0.05) is 16.6 Å². The molecule has 6 nitrogen and oxygen atoms in total. The number of rotatable bonds is 6. The first-order valence-electron chi connectivity index (χ1n) is 7.94. The van der Waals surface area contributed by atoms with Gasteiger partial charge in [0, 0.05) is 19.7 Å². The smallest absolute Gasteiger partial charge is 0.264 e. The Labute approximate surface area is 157 Å². The normalized spacial score (nSPS) is 12.9. The zero-order valence-electron chi connectivity index (χ0n) is 15.3. The Bertz CT molecular complexity index is 950. The van der Waals surface area contributed by atoms with Crippen molar-refractivity contribution < 1.29 is 26.8 Å². The van der Waals surface area contributed by atoms with Gasteiger partial charge >= 0.3 is 0 Å². The number of nitrogens with zero attached hydrogens (tertiary/aromatic N) is 2. The molecule has 0 saturated carbocycles. The van der Waals surface area contributed by atoms with Gasteiger partial charge < -0.3 is 4.90 Å². The molecule has 0 spiro atoms. The highest BCUT2D eigenvalue weighted by molar-refractivity contribution is 7.89. The maximum absolute atomic E-state index is 13.5. The summed E-state index contributed by atoms with van der Waals surface area (Å²) >= 11 is 0. The Morgan fingerprint density at radius 2 is 1.74 bits per heavy atom. The van der Waals surface area contributed by atoms with Crippen molar-refractivity contribution in [2.45, 2.75) is 17.9 Å². The van der Waals surface area contributed by atoms with E-state index >= 15 is 0 Å². The van der Waals surface area contributed by atoms with Crippen molar-refractivity contribution in [1.29, 1.82) is 0 Å². The minimum Gasteiger partial charge on any atom is -0.335 e. The van der Waals surface area contributed by atoms with Crippen molar-refractivity contribution in [3.63, 3.8) is 0 Å². The molecule has 0 aliphatic carbocycles. The lowest BCUT2D eigenvalue weighted by molar-refractivity contribution is -0.0258. The molecule has 0 aromatic heterocycles. The summed E-state index contributed by atoms with van der Waals surface area (Å²) in [6, 6.07) is 8.35. The molecular weight excluding hydrogens is 378 g/mol. The van der Waals surface area contributed by atoms with Crippen LogP contribution in [0.4, 0.5) is 8.78 Å². The monoisotopic (exact) mass is 398 g/mol. The van der Waals surface area contributed by atoms with E-state index in [1.165, 1.54) is 56.4 Å². The fourth-order valence-corrected chi connectivity index (χ4v) is 3.43. The van der Waals surface area contributed by atoms with Crippen LogP contribution in [0, 0.1) is 11.6 Å². The molecular formula is C18H20F2N2O4S. The third kappa shape index (κ3) is 4.32. The predicted molar refractivity (Wildman–Crippen MR) is 95.3 cm³/mol. The van der Waals surface area contributed by atoms with Gasteiger partial charge in [-0.05, 0) is 42.8 Å². The predicted octanol–water partition coefficient (Wildman–Crippen LogP) is 2.98. The van der Waals surface area contributed by atoms with Gasteiger partial charge in [0.15, 0.2) is 11.6 Å². The minimum atomic E-state index is -3.90. The molecule has 0 aliphatic rings. The average Bonchev–Trinajstić information content (AvgIpc) is 2.67. The van der Waals surface area contributed by atoms with E-state index in [0.717, 1.165) is 12.1 Å². The van der Waals surface area contributed by atoms with Crippen molar-refractivity contribution in [3.8, 4) is 0 Å². The summed E-state index contributed by atoms with van der Waals surface area (Å²) in [7, 11) is 0.0416. The van der Waals surface area contributed by atoms with Gasteiger partial charge in [0.1, 0.15) is 0 Å². The Balaban J connectivity index is 2.31. The summed E-state index contributed by atoms with van der Waals surface area (Å²) in [4.78, 5) is 18.7. The van der Waals surface area contributed by atoms with Crippen LogP contribution in [0.1, 0.15) is 28.9 Å². The van der Waals surface area contributed by atoms with Gasteiger partial charge in [-0.2, -0.15) is 0 Å². The second-order valence-electron chi connectivity index (χ2n) is 5.89. The van der Waals surface area contributed by atoms with Crippen LogP contribution in [0.15, 0.2) is 47.4 Å². The Kier molecular flexibility index (Phi) is 6.30. The van der Waals surface area contributed by atoms with Crippen molar-refractivity contribution in [2.75, 3.05) is 21.2 Å². The largest absolute Gasteiger partial charge is 0.335 e. The molecule has 0 N–H and O–H groups in total. The molecule has 2 aromatic carbocycles. The maximum atomic E-state index is 13.5. The average molecular weight is 398 g/mol. The van der Waals surface area contributed by atoms with Gasteiger partial charge in [-0.15, -0.1) is 0 Å². The van der Waals surface area contributed by atoms with E-state index in [1.807, 2.05) is 0 Å². The van der Waals surface area contributed by atoms with Gasteiger partial charge in [0.2, 0.25) is 0 Å². The lowest BCUT2D eigenvalue weighted by atomic mass is 10.1. The minimum absolute atomic E-state index is 0.105. The van der Waals surface area contributed by atoms with Crippen LogP contribution in [0.25, 0.3) is 0 Å². The summed E-state index contributed by atoms with van der Waals surface area (Å²) in [6.45, 7) is 1.66. The molecule has 1 amide bonds. The number of hydrogen-bond acceptors (Lipinski definition) is 4. The second kappa shape index (κ2) is 8.12. The SMILES string of the molecule is CON(C)S(=O)(=O)c1cccc(C(=O)N(C)C(C)c2ccc(F)c(F)c2)c1. The number of hydrogen-bond donors (Lipinski definition) is 0. The second-order valence-corrected chi connectivity index (χ2v) is 7.83. The molecule has 9 heteroatoms. The molecule has 0 fully saturated rings. The van der Waals surface area contributed by atoms with Crippen molar-refractivity contribution >= 4 is 15.9 Å². The summed E-state index contributed by atoms with van der Waals surface area (Å²) in [5.41, 5.74) is 0.546. The Morgan fingerprint density at radius 3 is 2.33 bits per heavy atom. The lowest BCUT2D eigenvalue weighted by Crippen LogP contribution is -2.30.